The zero-order valence-electron chi connectivity index (χ0n) is 12.2. The van der Waals surface area contributed by atoms with Gasteiger partial charge in [-0.05, 0) is 23.8 Å². The summed E-state index contributed by atoms with van der Waals surface area (Å²) in [7, 11) is -3.52. The van der Waals surface area contributed by atoms with Crippen molar-refractivity contribution in [3.8, 4) is 5.75 Å². The summed E-state index contributed by atoms with van der Waals surface area (Å²) >= 11 is 11.9. The van der Waals surface area contributed by atoms with Crippen molar-refractivity contribution < 1.29 is 18.3 Å². The van der Waals surface area contributed by atoms with Crippen LogP contribution in [-0.4, -0.2) is 32.0 Å². The van der Waals surface area contributed by atoms with Gasteiger partial charge in [0.1, 0.15) is 18.5 Å². The maximum atomic E-state index is 12.1. The molecule has 0 radical (unpaired) electrons. The third-order valence-corrected chi connectivity index (χ3v) is 5.37. The standard InChI is InChI=1S/C16H16Cl2O4S/c17-14-6-2-1-5-12(14)10-23(20,21)11-13(19)9-22-16-8-4-3-7-15(16)18/h1-8,13,19H,9-11H2. The van der Waals surface area contributed by atoms with Gasteiger partial charge in [-0.1, -0.05) is 53.5 Å². The maximum absolute atomic E-state index is 12.1. The SMILES string of the molecule is O=S(=O)(Cc1ccccc1Cl)CC(O)COc1ccccc1Cl. The number of hydrogen-bond acceptors (Lipinski definition) is 4. The van der Waals surface area contributed by atoms with E-state index in [9.17, 15) is 13.5 Å². The van der Waals surface area contributed by atoms with E-state index in [-0.39, 0.29) is 12.4 Å². The van der Waals surface area contributed by atoms with Crippen molar-refractivity contribution >= 4 is 33.0 Å². The molecule has 23 heavy (non-hydrogen) atoms. The number of aliphatic hydroxyl groups is 1. The molecule has 0 bridgehead atoms. The molecule has 1 unspecified atom stereocenters. The highest BCUT2D eigenvalue weighted by atomic mass is 35.5. The molecule has 0 saturated carbocycles. The van der Waals surface area contributed by atoms with Crippen LogP contribution in [0.3, 0.4) is 0 Å². The van der Waals surface area contributed by atoms with E-state index in [1.54, 1.807) is 48.5 Å². The second kappa shape index (κ2) is 8.02. The van der Waals surface area contributed by atoms with Gasteiger partial charge < -0.3 is 9.84 Å². The second-order valence-corrected chi connectivity index (χ2v) is 7.96. The molecule has 124 valence electrons. The van der Waals surface area contributed by atoms with Crippen molar-refractivity contribution in [1.82, 2.24) is 0 Å². The van der Waals surface area contributed by atoms with Gasteiger partial charge in [0.05, 0.1) is 16.5 Å². The molecule has 0 fully saturated rings. The van der Waals surface area contributed by atoms with Crippen LogP contribution >= 0.6 is 23.2 Å². The summed E-state index contributed by atoms with van der Waals surface area (Å²) in [6, 6.07) is 13.5. The fourth-order valence-electron chi connectivity index (χ4n) is 2.00. The van der Waals surface area contributed by atoms with E-state index in [1.807, 2.05) is 0 Å². The Kier molecular flexibility index (Phi) is 6.30. The van der Waals surface area contributed by atoms with Gasteiger partial charge in [0.2, 0.25) is 0 Å². The van der Waals surface area contributed by atoms with Gasteiger partial charge in [-0.2, -0.15) is 0 Å². The smallest absolute Gasteiger partial charge is 0.157 e. The Balaban J connectivity index is 1.92. The van der Waals surface area contributed by atoms with Crippen LogP contribution in [0.4, 0.5) is 0 Å². The van der Waals surface area contributed by atoms with E-state index in [0.717, 1.165) is 0 Å². The average molecular weight is 375 g/mol. The first-order valence-corrected chi connectivity index (χ1v) is 9.44. The van der Waals surface area contributed by atoms with E-state index in [0.29, 0.717) is 21.4 Å². The minimum absolute atomic E-state index is 0.161. The third-order valence-electron chi connectivity index (χ3n) is 3.05. The van der Waals surface area contributed by atoms with E-state index in [2.05, 4.69) is 0 Å². The minimum atomic E-state index is -3.52. The molecule has 0 amide bonds. The molecule has 0 heterocycles. The number of sulfone groups is 1. The monoisotopic (exact) mass is 374 g/mol. The second-order valence-electron chi connectivity index (χ2n) is 5.04. The Labute approximate surface area is 145 Å². The van der Waals surface area contributed by atoms with Crippen molar-refractivity contribution in [2.75, 3.05) is 12.4 Å². The zero-order chi connectivity index (χ0) is 16.9. The highest BCUT2D eigenvalue weighted by Crippen LogP contribution is 2.23. The Bertz CT molecular complexity index is 762. The summed E-state index contributed by atoms with van der Waals surface area (Å²) in [6.07, 6.45) is -1.15. The molecule has 1 N–H and O–H groups in total. The largest absolute Gasteiger partial charge is 0.489 e. The van der Waals surface area contributed by atoms with Crippen LogP contribution in [0, 0.1) is 0 Å². The van der Waals surface area contributed by atoms with Gasteiger partial charge >= 0.3 is 0 Å². The first-order valence-electron chi connectivity index (χ1n) is 6.86. The topological polar surface area (TPSA) is 63.6 Å². The van der Waals surface area contributed by atoms with Gasteiger partial charge in [-0.3, -0.25) is 0 Å². The van der Waals surface area contributed by atoms with E-state index in [4.69, 9.17) is 27.9 Å². The Morgan fingerprint density at radius 3 is 2.26 bits per heavy atom. The molecular weight excluding hydrogens is 359 g/mol. The Morgan fingerprint density at radius 1 is 1.00 bits per heavy atom. The van der Waals surface area contributed by atoms with Gasteiger partial charge in [0, 0.05) is 5.02 Å². The van der Waals surface area contributed by atoms with Gasteiger partial charge in [0.15, 0.2) is 9.84 Å². The highest BCUT2D eigenvalue weighted by molar-refractivity contribution is 7.90. The van der Waals surface area contributed by atoms with Crippen LogP contribution in [0.5, 0.6) is 5.75 Å². The van der Waals surface area contributed by atoms with Crippen LogP contribution in [-0.2, 0) is 15.6 Å². The number of halogens is 2. The molecule has 2 aromatic rings. The van der Waals surface area contributed by atoms with Crippen molar-refractivity contribution in [3.63, 3.8) is 0 Å². The Morgan fingerprint density at radius 2 is 1.61 bits per heavy atom. The molecule has 7 heteroatoms. The molecule has 0 aromatic heterocycles. The summed E-state index contributed by atoms with van der Waals surface area (Å²) in [5.74, 6) is -0.241. The van der Waals surface area contributed by atoms with Crippen LogP contribution in [0.1, 0.15) is 5.56 Å². The van der Waals surface area contributed by atoms with Crippen LogP contribution in [0.15, 0.2) is 48.5 Å². The third kappa shape index (κ3) is 5.70. The van der Waals surface area contributed by atoms with Gasteiger partial charge in [-0.15, -0.1) is 0 Å². The zero-order valence-corrected chi connectivity index (χ0v) is 14.5. The molecule has 0 saturated heterocycles. The minimum Gasteiger partial charge on any atom is -0.489 e. The predicted molar refractivity (Wildman–Crippen MR) is 91.9 cm³/mol. The Hall–Kier alpha value is -1.27. The van der Waals surface area contributed by atoms with E-state index >= 15 is 0 Å². The number of ether oxygens (including phenoxy) is 1. The summed E-state index contributed by atoms with van der Waals surface area (Å²) in [4.78, 5) is 0. The lowest BCUT2D eigenvalue weighted by Gasteiger charge is -2.14. The van der Waals surface area contributed by atoms with Gasteiger partial charge in [0.25, 0.3) is 0 Å². The van der Waals surface area contributed by atoms with Crippen LogP contribution in [0.25, 0.3) is 0 Å². The van der Waals surface area contributed by atoms with Crippen molar-refractivity contribution in [1.29, 1.82) is 0 Å². The molecule has 0 aliphatic rings. The van der Waals surface area contributed by atoms with E-state index in [1.165, 1.54) is 0 Å². The number of para-hydroxylation sites is 1. The van der Waals surface area contributed by atoms with Crippen molar-refractivity contribution in [3.05, 3.63) is 64.1 Å². The molecule has 4 nitrogen and oxygen atoms in total. The van der Waals surface area contributed by atoms with Crippen molar-refractivity contribution in [2.24, 2.45) is 0 Å². The molecule has 0 spiro atoms. The predicted octanol–water partition coefficient (Wildman–Crippen LogP) is 3.35. The molecule has 0 aliphatic heterocycles. The molecule has 0 aliphatic carbocycles. The van der Waals surface area contributed by atoms with Gasteiger partial charge in [-0.25, -0.2) is 8.42 Å². The quantitative estimate of drug-likeness (QED) is 0.806. The molecule has 2 aromatic carbocycles. The lowest BCUT2D eigenvalue weighted by Crippen LogP contribution is -2.28. The first kappa shape index (κ1) is 18.1. The summed E-state index contributed by atoms with van der Waals surface area (Å²) in [6.45, 7) is -0.161. The molecule has 1 atom stereocenters. The number of rotatable bonds is 7. The van der Waals surface area contributed by atoms with Crippen LogP contribution in [0.2, 0.25) is 10.0 Å². The molecule has 2 rings (SSSR count). The molecular formula is C16H16Cl2O4S. The van der Waals surface area contributed by atoms with Crippen molar-refractivity contribution in [2.45, 2.75) is 11.9 Å². The maximum Gasteiger partial charge on any atom is 0.157 e. The highest BCUT2D eigenvalue weighted by Gasteiger charge is 2.20. The number of aliphatic hydroxyl groups excluding tert-OH is 1. The number of hydrogen-bond donors (Lipinski definition) is 1. The number of benzene rings is 2. The summed E-state index contributed by atoms with van der Waals surface area (Å²) in [5, 5.41) is 10.7. The lowest BCUT2D eigenvalue weighted by molar-refractivity contribution is 0.125. The summed E-state index contributed by atoms with van der Waals surface area (Å²) < 4.78 is 29.6. The fourth-order valence-corrected chi connectivity index (χ4v) is 4.00. The van der Waals surface area contributed by atoms with Crippen LogP contribution < -0.4 is 4.74 Å². The first-order chi connectivity index (χ1) is 10.9. The fraction of sp³-hybridized carbons (Fsp3) is 0.250. The lowest BCUT2D eigenvalue weighted by atomic mass is 10.2. The van der Waals surface area contributed by atoms with E-state index < -0.39 is 21.7 Å². The normalized spacial score (nSPS) is 12.8. The summed E-state index contributed by atoms with van der Waals surface area (Å²) in [5.41, 5.74) is 0.508. The average Bonchev–Trinajstić information content (AvgIpc) is 2.48.